The Morgan fingerprint density at radius 2 is 2.14 bits per heavy atom. The highest BCUT2D eigenvalue weighted by Crippen LogP contribution is 2.31. The molecule has 1 saturated heterocycles. The summed E-state index contributed by atoms with van der Waals surface area (Å²) >= 11 is 0. The van der Waals surface area contributed by atoms with Gasteiger partial charge in [0.1, 0.15) is 0 Å². The molecule has 128 valence electrons. The Hall–Kier alpha value is -0.810. The molecule has 3 N–H and O–H groups in total. The molecule has 22 heavy (non-hydrogen) atoms. The molecule has 2 aliphatic rings. The minimum atomic E-state index is 0.0657. The van der Waals surface area contributed by atoms with Gasteiger partial charge in [0.15, 0.2) is 5.96 Å². The third-order valence-electron chi connectivity index (χ3n) is 5.24. The normalized spacial score (nSPS) is 26.5. The molecule has 1 aliphatic heterocycles. The van der Waals surface area contributed by atoms with E-state index in [-0.39, 0.29) is 12.0 Å². The Labute approximate surface area is 134 Å². The highest BCUT2D eigenvalue weighted by atomic mass is 16.5. The van der Waals surface area contributed by atoms with Gasteiger partial charge in [-0.3, -0.25) is 4.99 Å². The first kappa shape index (κ1) is 17.5. The molecule has 1 aliphatic carbocycles. The van der Waals surface area contributed by atoms with Gasteiger partial charge in [-0.05, 0) is 31.6 Å². The summed E-state index contributed by atoms with van der Waals surface area (Å²) in [5.41, 5.74) is 0.0657. The summed E-state index contributed by atoms with van der Waals surface area (Å²) in [7, 11) is 1.82. The van der Waals surface area contributed by atoms with Gasteiger partial charge >= 0.3 is 0 Å². The minimum absolute atomic E-state index is 0.0657. The SMILES string of the molecule is CN=C(NCCCC1CCCC1)NCC1(CCO)CCOC1. The zero-order chi connectivity index (χ0) is 15.7. The number of aliphatic hydroxyl groups is 1. The number of hydrogen-bond donors (Lipinski definition) is 3. The van der Waals surface area contributed by atoms with Crippen molar-refractivity contribution in [3.05, 3.63) is 0 Å². The van der Waals surface area contributed by atoms with Crippen LogP contribution in [0, 0.1) is 11.3 Å². The summed E-state index contributed by atoms with van der Waals surface area (Å²) in [6, 6.07) is 0. The van der Waals surface area contributed by atoms with E-state index in [1.54, 1.807) is 0 Å². The number of ether oxygens (including phenoxy) is 1. The lowest BCUT2D eigenvalue weighted by atomic mass is 9.84. The molecule has 0 amide bonds. The first-order valence-electron chi connectivity index (χ1n) is 8.91. The second kappa shape index (κ2) is 9.36. The molecule has 1 saturated carbocycles. The summed E-state index contributed by atoms with van der Waals surface area (Å²) in [5.74, 6) is 1.83. The molecule has 2 rings (SSSR count). The second-order valence-electron chi connectivity index (χ2n) is 6.92. The van der Waals surface area contributed by atoms with Crippen molar-refractivity contribution in [1.82, 2.24) is 10.6 Å². The predicted molar refractivity (Wildman–Crippen MR) is 90.1 cm³/mol. The van der Waals surface area contributed by atoms with Crippen molar-refractivity contribution in [3.63, 3.8) is 0 Å². The summed E-state index contributed by atoms with van der Waals surface area (Å²) in [6.07, 6.45) is 10.1. The maximum Gasteiger partial charge on any atom is 0.190 e. The number of rotatable bonds is 8. The summed E-state index contributed by atoms with van der Waals surface area (Å²) < 4.78 is 5.52. The number of aliphatic hydroxyl groups excluding tert-OH is 1. The topological polar surface area (TPSA) is 65.9 Å². The van der Waals surface area contributed by atoms with Gasteiger partial charge in [-0.2, -0.15) is 0 Å². The molecule has 1 heterocycles. The van der Waals surface area contributed by atoms with Crippen LogP contribution in [0.15, 0.2) is 4.99 Å². The third kappa shape index (κ3) is 5.43. The van der Waals surface area contributed by atoms with Crippen LogP contribution in [0.2, 0.25) is 0 Å². The minimum Gasteiger partial charge on any atom is -0.396 e. The Kier molecular flexibility index (Phi) is 7.46. The van der Waals surface area contributed by atoms with Gasteiger partial charge in [-0.1, -0.05) is 25.7 Å². The van der Waals surface area contributed by atoms with E-state index in [9.17, 15) is 5.11 Å². The number of nitrogens with one attached hydrogen (secondary N) is 2. The van der Waals surface area contributed by atoms with Gasteiger partial charge in [-0.15, -0.1) is 0 Å². The van der Waals surface area contributed by atoms with E-state index in [2.05, 4.69) is 15.6 Å². The molecule has 2 fully saturated rings. The van der Waals surface area contributed by atoms with E-state index in [1.807, 2.05) is 7.05 Å². The number of hydrogen-bond acceptors (Lipinski definition) is 3. The molecule has 0 spiro atoms. The molecule has 1 unspecified atom stereocenters. The van der Waals surface area contributed by atoms with E-state index < -0.39 is 0 Å². The molecule has 0 aromatic rings. The third-order valence-corrected chi connectivity index (χ3v) is 5.24. The van der Waals surface area contributed by atoms with Crippen molar-refractivity contribution in [2.75, 3.05) is 40.0 Å². The van der Waals surface area contributed by atoms with E-state index in [4.69, 9.17) is 4.74 Å². The zero-order valence-electron chi connectivity index (χ0n) is 14.1. The Balaban J connectivity index is 1.63. The highest BCUT2D eigenvalue weighted by Gasteiger charge is 2.34. The lowest BCUT2D eigenvalue weighted by Crippen LogP contribution is -2.44. The fourth-order valence-corrected chi connectivity index (χ4v) is 3.70. The van der Waals surface area contributed by atoms with E-state index >= 15 is 0 Å². The molecule has 0 radical (unpaired) electrons. The molecule has 0 aromatic carbocycles. The number of guanidine groups is 1. The molecule has 0 aromatic heterocycles. The first-order chi connectivity index (χ1) is 10.8. The van der Waals surface area contributed by atoms with Crippen LogP contribution in [0.4, 0.5) is 0 Å². The largest absolute Gasteiger partial charge is 0.396 e. The standard InChI is InChI=1S/C17H33N3O2/c1-18-16(19-10-4-7-15-5-2-3-6-15)20-13-17(8-11-21)9-12-22-14-17/h15,21H,2-14H2,1H3,(H2,18,19,20). The van der Waals surface area contributed by atoms with E-state index in [0.29, 0.717) is 0 Å². The van der Waals surface area contributed by atoms with Crippen LogP contribution < -0.4 is 10.6 Å². The first-order valence-corrected chi connectivity index (χ1v) is 8.91. The fourth-order valence-electron chi connectivity index (χ4n) is 3.70. The van der Waals surface area contributed by atoms with Gasteiger partial charge in [0.2, 0.25) is 0 Å². The van der Waals surface area contributed by atoms with Crippen LogP contribution >= 0.6 is 0 Å². The monoisotopic (exact) mass is 311 g/mol. The number of nitrogens with zero attached hydrogens (tertiary/aromatic N) is 1. The van der Waals surface area contributed by atoms with Crippen LogP contribution in [0.3, 0.4) is 0 Å². The summed E-state index contributed by atoms with van der Waals surface area (Å²) in [6.45, 7) is 3.56. The average Bonchev–Trinajstić information content (AvgIpc) is 3.19. The van der Waals surface area contributed by atoms with Gasteiger partial charge in [0, 0.05) is 38.8 Å². The summed E-state index contributed by atoms with van der Waals surface area (Å²) in [5, 5.41) is 16.1. The Morgan fingerprint density at radius 3 is 2.77 bits per heavy atom. The maximum absolute atomic E-state index is 9.26. The second-order valence-corrected chi connectivity index (χ2v) is 6.92. The Bertz CT molecular complexity index is 335. The molecule has 5 nitrogen and oxygen atoms in total. The molecule has 5 heteroatoms. The van der Waals surface area contributed by atoms with Crippen molar-refractivity contribution in [3.8, 4) is 0 Å². The van der Waals surface area contributed by atoms with Gasteiger partial charge in [0.25, 0.3) is 0 Å². The van der Waals surface area contributed by atoms with Gasteiger partial charge < -0.3 is 20.5 Å². The van der Waals surface area contributed by atoms with Crippen molar-refractivity contribution in [1.29, 1.82) is 0 Å². The van der Waals surface area contributed by atoms with Crippen molar-refractivity contribution in [2.45, 2.75) is 51.4 Å². The quantitative estimate of drug-likeness (QED) is 0.364. The van der Waals surface area contributed by atoms with E-state index in [0.717, 1.165) is 51.0 Å². The van der Waals surface area contributed by atoms with Crippen LogP contribution in [0.1, 0.15) is 51.4 Å². The van der Waals surface area contributed by atoms with Crippen molar-refractivity contribution in [2.24, 2.45) is 16.3 Å². The van der Waals surface area contributed by atoms with Crippen molar-refractivity contribution < 1.29 is 9.84 Å². The zero-order valence-corrected chi connectivity index (χ0v) is 14.1. The van der Waals surface area contributed by atoms with Crippen LogP contribution in [0.25, 0.3) is 0 Å². The van der Waals surface area contributed by atoms with Crippen LogP contribution in [0.5, 0.6) is 0 Å². The highest BCUT2D eigenvalue weighted by molar-refractivity contribution is 5.79. The van der Waals surface area contributed by atoms with Crippen LogP contribution in [-0.2, 0) is 4.74 Å². The molecule has 1 atom stereocenters. The van der Waals surface area contributed by atoms with E-state index in [1.165, 1.54) is 38.5 Å². The maximum atomic E-state index is 9.26. The fraction of sp³-hybridized carbons (Fsp3) is 0.941. The molecule has 0 bridgehead atoms. The summed E-state index contributed by atoms with van der Waals surface area (Å²) in [4.78, 5) is 4.30. The van der Waals surface area contributed by atoms with Crippen molar-refractivity contribution >= 4 is 5.96 Å². The lowest BCUT2D eigenvalue weighted by molar-refractivity contribution is 0.127. The van der Waals surface area contributed by atoms with Crippen LogP contribution in [-0.4, -0.2) is 51.0 Å². The molecular weight excluding hydrogens is 278 g/mol. The molecular formula is C17H33N3O2. The van der Waals surface area contributed by atoms with Gasteiger partial charge in [-0.25, -0.2) is 0 Å². The van der Waals surface area contributed by atoms with Gasteiger partial charge in [0.05, 0.1) is 6.61 Å². The average molecular weight is 311 g/mol. The lowest BCUT2D eigenvalue weighted by Gasteiger charge is -2.27. The number of aliphatic imine (C=N–C) groups is 1. The smallest absolute Gasteiger partial charge is 0.190 e. The predicted octanol–water partition coefficient (Wildman–Crippen LogP) is 1.91. The Morgan fingerprint density at radius 1 is 1.32 bits per heavy atom.